The summed E-state index contributed by atoms with van der Waals surface area (Å²) in [6.07, 6.45) is 0. The Morgan fingerprint density at radius 2 is 1.77 bits per heavy atom. The molecule has 1 amide bonds. The van der Waals surface area contributed by atoms with Crippen molar-refractivity contribution in [2.24, 2.45) is 0 Å². The summed E-state index contributed by atoms with van der Waals surface area (Å²) in [6.45, 7) is -0.0199. The number of nitrogens with zero attached hydrogens (tertiary/aromatic N) is 1. The van der Waals surface area contributed by atoms with Crippen molar-refractivity contribution in [3.63, 3.8) is 0 Å². The Morgan fingerprint density at radius 1 is 1.08 bits per heavy atom. The van der Waals surface area contributed by atoms with Crippen molar-refractivity contribution in [3.8, 4) is 11.5 Å². The molecule has 136 valence electrons. The molecule has 2 aromatic heterocycles. The van der Waals surface area contributed by atoms with Gasteiger partial charge >= 0.3 is 5.97 Å². The molecule has 0 saturated heterocycles. The zero-order valence-electron chi connectivity index (χ0n) is 14.6. The first-order valence-electron chi connectivity index (χ1n) is 7.73. The van der Waals surface area contributed by atoms with Gasteiger partial charge in [-0.3, -0.25) is 4.79 Å². The maximum atomic E-state index is 12.5. The number of fused-ring (bicyclic) bond motifs is 1. The highest BCUT2D eigenvalue weighted by molar-refractivity contribution is 7.16. The molecule has 1 aromatic carbocycles. The van der Waals surface area contributed by atoms with Crippen LogP contribution in [0.3, 0.4) is 0 Å². The lowest BCUT2D eigenvalue weighted by Gasteiger charge is -2.12. The number of ether oxygens (including phenoxy) is 3. The molecule has 2 heterocycles. The third-order valence-electron chi connectivity index (χ3n) is 3.83. The zero-order chi connectivity index (χ0) is 18.7. The van der Waals surface area contributed by atoms with E-state index in [9.17, 15) is 9.59 Å². The molecule has 0 unspecified atom stereocenters. The molecule has 0 aliphatic heterocycles. The van der Waals surface area contributed by atoms with E-state index in [0.29, 0.717) is 22.9 Å². The number of amides is 1. The summed E-state index contributed by atoms with van der Waals surface area (Å²) in [7, 11) is 4.39. The molecule has 0 aliphatic carbocycles. The van der Waals surface area contributed by atoms with E-state index < -0.39 is 5.97 Å². The molecule has 0 fully saturated rings. The maximum Gasteiger partial charge on any atom is 0.354 e. The van der Waals surface area contributed by atoms with Crippen LogP contribution in [0.25, 0.3) is 10.2 Å². The number of carbonyl (C=O) groups is 2. The van der Waals surface area contributed by atoms with Crippen LogP contribution in [0.4, 0.5) is 5.69 Å². The summed E-state index contributed by atoms with van der Waals surface area (Å²) in [5.74, 6) is 0.369. The average molecular weight is 374 g/mol. The number of hydrogen-bond acceptors (Lipinski definition) is 6. The highest BCUT2D eigenvalue weighted by atomic mass is 32.1. The van der Waals surface area contributed by atoms with Crippen molar-refractivity contribution in [1.82, 2.24) is 4.57 Å². The van der Waals surface area contributed by atoms with Gasteiger partial charge in [-0.05, 0) is 17.5 Å². The molecule has 8 heteroatoms. The average Bonchev–Trinajstić information content (AvgIpc) is 3.23. The summed E-state index contributed by atoms with van der Waals surface area (Å²) >= 11 is 1.46. The van der Waals surface area contributed by atoms with E-state index in [-0.39, 0.29) is 12.5 Å². The Morgan fingerprint density at radius 3 is 2.38 bits per heavy atom. The monoisotopic (exact) mass is 374 g/mol. The SMILES string of the molecule is COC(=O)c1cc2ccsc2n1CC(=O)Nc1cc(OC)cc(OC)c1. The molecule has 26 heavy (non-hydrogen) atoms. The number of aromatic nitrogens is 1. The van der Waals surface area contributed by atoms with Gasteiger partial charge in [0, 0.05) is 29.3 Å². The molecule has 0 bridgehead atoms. The Hall–Kier alpha value is -3.00. The standard InChI is InChI=1S/C18H18N2O5S/c1-23-13-7-12(8-14(9-13)24-2)19-16(21)10-20-15(18(22)25-3)6-11-4-5-26-17(11)20/h4-9H,10H2,1-3H3,(H,19,21). The zero-order valence-corrected chi connectivity index (χ0v) is 15.4. The third-order valence-corrected chi connectivity index (χ3v) is 4.79. The quantitative estimate of drug-likeness (QED) is 0.671. The number of carbonyl (C=O) groups excluding carboxylic acids is 2. The molecule has 0 saturated carbocycles. The fourth-order valence-electron chi connectivity index (χ4n) is 2.63. The minimum atomic E-state index is -0.482. The lowest BCUT2D eigenvalue weighted by molar-refractivity contribution is -0.116. The predicted octanol–water partition coefficient (Wildman–Crippen LogP) is 3.15. The topological polar surface area (TPSA) is 78.8 Å². The van der Waals surface area contributed by atoms with Crippen molar-refractivity contribution in [1.29, 1.82) is 0 Å². The van der Waals surface area contributed by atoms with Gasteiger partial charge in [0.15, 0.2) is 0 Å². The fourth-order valence-corrected chi connectivity index (χ4v) is 3.53. The highest BCUT2D eigenvalue weighted by Gasteiger charge is 2.19. The molecule has 7 nitrogen and oxygen atoms in total. The van der Waals surface area contributed by atoms with Crippen molar-refractivity contribution < 1.29 is 23.8 Å². The Balaban J connectivity index is 1.86. The van der Waals surface area contributed by atoms with E-state index in [0.717, 1.165) is 10.2 Å². The summed E-state index contributed by atoms with van der Waals surface area (Å²) in [5.41, 5.74) is 0.883. The van der Waals surface area contributed by atoms with E-state index in [1.165, 1.54) is 32.7 Å². The van der Waals surface area contributed by atoms with Crippen LogP contribution < -0.4 is 14.8 Å². The lowest BCUT2D eigenvalue weighted by atomic mass is 10.2. The highest BCUT2D eigenvalue weighted by Crippen LogP contribution is 2.27. The number of thiophene rings is 1. The number of benzene rings is 1. The van der Waals surface area contributed by atoms with Crippen molar-refractivity contribution >= 4 is 39.1 Å². The van der Waals surface area contributed by atoms with Gasteiger partial charge in [0.05, 0.1) is 21.3 Å². The molecular formula is C18H18N2O5S. The Kier molecular flexibility index (Phi) is 5.13. The van der Waals surface area contributed by atoms with Crippen LogP contribution >= 0.6 is 11.3 Å². The summed E-state index contributed by atoms with van der Waals surface area (Å²) in [6, 6.07) is 8.72. The van der Waals surface area contributed by atoms with Gasteiger partial charge < -0.3 is 24.1 Å². The largest absolute Gasteiger partial charge is 0.497 e. The van der Waals surface area contributed by atoms with E-state index in [1.807, 2.05) is 11.4 Å². The smallest absolute Gasteiger partial charge is 0.354 e. The van der Waals surface area contributed by atoms with E-state index in [1.54, 1.807) is 28.8 Å². The Bertz CT molecular complexity index is 938. The van der Waals surface area contributed by atoms with Crippen LogP contribution in [-0.2, 0) is 16.1 Å². The van der Waals surface area contributed by atoms with Gasteiger partial charge in [0.25, 0.3) is 0 Å². The van der Waals surface area contributed by atoms with Gasteiger partial charge in [-0.15, -0.1) is 11.3 Å². The third kappa shape index (κ3) is 3.50. The fraction of sp³-hybridized carbons (Fsp3) is 0.222. The second-order valence-corrected chi connectivity index (χ2v) is 6.33. The first-order chi connectivity index (χ1) is 12.5. The summed E-state index contributed by atoms with van der Waals surface area (Å²) in [5, 5.41) is 5.61. The van der Waals surface area contributed by atoms with Gasteiger partial charge in [-0.1, -0.05) is 0 Å². The van der Waals surface area contributed by atoms with Crippen LogP contribution in [0.1, 0.15) is 10.5 Å². The number of hydrogen-bond donors (Lipinski definition) is 1. The number of anilines is 1. The minimum absolute atomic E-state index is 0.0199. The molecule has 0 aliphatic rings. The van der Waals surface area contributed by atoms with Crippen LogP contribution in [0, 0.1) is 0 Å². The summed E-state index contributed by atoms with van der Waals surface area (Å²) < 4.78 is 16.9. The van der Waals surface area contributed by atoms with Crippen LogP contribution in [0.2, 0.25) is 0 Å². The molecular weight excluding hydrogens is 356 g/mol. The predicted molar refractivity (Wildman–Crippen MR) is 99.3 cm³/mol. The Labute approximate surface area is 154 Å². The normalized spacial score (nSPS) is 10.6. The van der Waals surface area contributed by atoms with Gasteiger partial charge in [0.1, 0.15) is 28.6 Å². The van der Waals surface area contributed by atoms with Crippen molar-refractivity contribution in [3.05, 3.63) is 41.4 Å². The van der Waals surface area contributed by atoms with Gasteiger partial charge in [-0.2, -0.15) is 0 Å². The van der Waals surface area contributed by atoms with Crippen molar-refractivity contribution in [2.45, 2.75) is 6.54 Å². The first-order valence-corrected chi connectivity index (χ1v) is 8.61. The van der Waals surface area contributed by atoms with Crippen LogP contribution in [-0.4, -0.2) is 37.8 Å². The molecule has 0 radical (unpaired) electrons. The van der Waals surface area contributed by atoms with E-state index in [2.05, 4.69) is 5.32 Å². The minimum Gasteiger partial charge on any atom is -0.497 e. The van der Waals surface area contributed by atoms with Crippen LogP contribution in [0.15, 0.2) is 35.7 Å². The lowest BCUT2D eigenvalue weighted by Crippen LogP contribution is -2.21. The molecule has 0 spiro atoms. The number of rotatable bonds is 6. The maximum absolute atomic E-state index is 12.5. The first kappa shape index (κ1) is 17.8. The van der Waals surface area contributed by atoms with Gasteiger partial charge in [-0.25, -0.2) is 4.79 Å². The molecule has 0 atom stereocenters. The molecule has 3 rings (SSSR count). The van der Waals surface area contributed by atoms with E-state index >= 15 is 0 Å². The number of methoxy groups -OCH3 is 3. The molecule has 3 aromatic rings. The number of esters is 1. The van der Waals surface area contributed by atoms with Gasteiger partial charge in [0.2, 0.25) is 5.91 Å². The second-order valence-electron chi connectivity index (χ2n) is 5.44. The van der Waals surface area contributed by atoms with Crippen LogP contribution in [0.5, 0.6) is 11.5 Å². The molecule has 1 N–H and O–H groups in total. The summed E-state index contributed by atoms with van der Waals surface area (Å²) in [4.78, 5) is 25.4. The van der Waals surface area contributed by atoms with Crippen molar-refractivity contribution in [2.75, 3.05) is 26.6 Å². The number of nitrogens with one attached hydrogen (secondary N) is 1. The second kappa shape index (κ2) is 7.49. The van der Waals surface area contributed by atoms with E-state index in [4.69, 9.17) is 14.2 Å².